The number of hydrogen-bond donors (Lipinski definition) is 1. The highest BCUT2D eigenvalue weighted by molar-refractivity contribution is 5.94. The lowest BCUT2D eigenvalue weighted by Crippen LogP contribution is -2.21. The number of carboxylic acids is 1. The van der Waals surface area contributed by atoms with E-state index in [9.17, 15) is 9.90 Å². The Balaban J connectivity index is 2.31. The normalized spacial score (nSPS) is 10.2. The summed E-state index contributed by atoms with van der Waals surface area (Å²) in [6.45, 7) is 2.33. The predicted molar refractivity (Wildman–Crippen MR) is 72.3 cm³/mol. The first-order chi connectivity index (χ1) is 9.09. The van der Waals surface area contributed by atoms with Crippen LogP contribution in [0.1, 0.15) is 21.5 Å². The van der Waals surface area contributed by atoms with Crippen LogP contribution in [0, 0.1) is 6.92 Å². The van der Waals surface area contributed by atoms with Crippen molar-refractivity contribution in [2.24, 2.45) is 0 Å². The molecule has 0 fully saturated rings. The van der Waals surface area contributed by atoms with Gasteiger partial charge in [-0.25, -0.2) is 9.78 Å². The molecule has 1 N–H and O–H groups in total. The highest BCUT2D eigenvalue weighted by atomic mass is 16.4. The van der Waals surface area contributed by atoms with Gasteiger partial charge in [-0.2, -0.15) is 0 Å². The molecule has 0 spiro atoms. The monoisotopic (exact) mass is 257 g/mol. The molecule has 0 unspecified atom stereocenters. The second-order valence-electron chi connectivity index (χ2n) is 4.35. The predicted octanol–water partition coefficient (Wildman–Crippen LogP) is 2.12. The Bertz CT molecular complexity index is 584. The van der Waals surface area contributed by atoms with Crippen molar-refractivity contribution in [2.75, 3.05) is 11.9 Å². The van der Waals surface area contributed by atoms with Gasteiger partial charge in [-0.15, -0.1) is 0 Å². The minimum absolute atomic E-state index is 0.244. The van der Waals surface area contributed by atoms with Gasteiger partial charge in [0.2, 0.25) is 0 Å². The van der Waals surface area contributed by atoms with E-state index in [1.165, 1.54) is 0 Å². The number of hydrogen-bond acceptors (Lipinski definition) is 4. The summed E-state index contributed by atoms with van der Waals surface area (Å²) in [6, 6.07) is 5.50. The zero-order chi connectivity index (χ0) is 13.8. The molecule has 2 aromatic rings. The van der Waals surface area contributed by atoms with Gasteiger partial charge in [-0.05, 0) is 30.2 Å². The van der Waals surface area contributed by atoms with Crippen LogP contribution in [0.2, 0.25) is 0 Å². The molecule has 0 amide bonds. The van der Waals surface area contributed by atoms with E-state index in [2.05, 4.69) is 9.97 Å². The number of aromatic nitrogens is 2. The highest BCUT2D eigenvalue weighted by Gasteiger charge is 2.17. The Labute approximate surface area is 111 Å². The van der Waals surface area contributed by atoms with Crippen LogP contribution in [0.4, 0.5) is 5.82 Å². The van der Waals surface area contributed by atoms with Crippen LogP contribution in [-0.4, -0.2) is 28.1 Å². The molecular formula is C14H15N3O2. The second-order valence-corrected chi connectivity index (χ2v) is 4.35. The SMILES string of the molecule is Cc1ccnc(N(C)Cc2cccnc2)c1C(=O)O. The van der Waals surface area contributed by atoms with Crippen molar-refractivity contribution in [3.8, 4) is 0 Å². The van der Waals surface area contributed by atoms with Gasteiger partial charge in [-0.3, -0.25) is 4.98 Å². The summed E-state index contributed by atoms with van der Waals surface area (Å²) in [4.78, 5) is 21.4. The van der Waals surface area contributed by atoms with Crippen LogP contribution >= 0.6 is 0 Å². The van der Waals surface area contributed by atoms with Gasteiger partial charge in [-0.1, -0.05) is 6.07 Å². The van der Waals surface area contributed by atoms with Crippen molar-refractivity contribution < 1.29 is 9.90 Å². The largest absolute Gasteiger partial charge is 0.478 e. The molecule has 5 heteroatoms. The van der Waals surface area contributed by atoms with Gasteiger partial charge < -0.3 is 10.0 Å². The Morgan fingerprint density at radius 3 is 2.79 bits per heavy atom. The third kappa shape index (κ3) is 2.88. The number of rotatable bonds is 4. The summed E-state index contributed by atoms with van der Waals surface area (Å²) < 4.78 is 0. The lowest BCUT2D eigenvalue weighted by molar-refractivity contribution is 0.0696. The van der Waals surface area contributed by atoms with E-state index in [0.717, 1.165) is 5.56 Å². The number of pyridine rings is 2. The van der Waals surface area contributed by atoms with Crippen LogP contribution < -0.4 is 4.90 Å². The fourth-order valence-electron chi connectivity index (χ4n) is 1.94. The first kappa shape index (κ1) is 13.0. The van der Waals surface area contributed by atoms with Crippen LogP contribution in [0.25, 0.3) is 0 Å². The number of aromatic carboxylic acids is 1. The minimum Gasteiger partial charge on any atom is -0.478 e. The Morgan fingerprint density at radius 2 is 2.16 bits per heavy atom. The van der Waals surface area contributed by atoms with E-state index in [4.69, 9.17) is 0 Å². The van der Waals surface area contributed by atoms with E-state index >= 15 is 0 Å². The van der Waals surface area contributed by atoms with Gasteiger partial charge in [0.15, 0.2) is 0 Å². The molecule has 2 heterocycles. The fraction of sp³-hybridized carbons (Fsp3) is 0.214. The van der Waals surface area contributed by atoms with E-state index in [0.29, 0.717) is 17.9 Å². The van der Waals surface area contributed by atoms with Gasteiger partial charge in [0, 0.05) is 32.2 Å². The molecule has 0 aromatic carbocycles. The van der Waals surface area contributed by atoms with Crippen molar-refractivity contribution in [3.63, 3.8) is 0 Å². The van der Waals surface area contributed by atoms with E-state index in [1.54, 1.807) is 31.6 Å². The van der Waals surface area contributed by atoms with Crippen LogP contribution in [-0.2, 0) is 6.54 Å². The Morgan fingerprint density at radius 1 is 1.37 bits per heavy atom. The summed E-state index contributed by atoms with van der Waals surface area (Å²) >= 11 is 0. The van der Waals surface area contributed by atoms with Crippen LogP contribution in [0.5, 0.6) is 0 Å². The average Bonchev–Trinajstić information content (AvgIpc) is 2.39. The maximum Gasteiger partial charge on any atom is 0.339 e. The molecular weight excluding hydrogens is 242 g/mol. The van der Waals surface area contributed by atoms with Crippen molar-refractivity contribution in [2.45, 2.75) is 13.5 Å². The minimum atomic E-state index is -0.960. The molecule has 19 heavy (non-hydrogen) atoms. The quantitative estimate of drug-likeness (QED) is 0.908. The van der Waals surface area contributed by atoms with Crippen molar-refractivity contribution >= 4 is 11.8 Å². The third-order valence-electron chi connectivity index (χ3n) is 2.86. The summed E-state index contributed by atoms with van der Waals surface area (Å²) in [5, 5.41) is 9.28. The fourth-order valence-corrected chi connectivity index (χ4v) is 1.94. The first-order valence-corrected chi connectivity index (χ1v) is 5.88. The van der Waals surface area contributed by atoms with Crippen molar-refractivity contribution in [1.82, 2.24) is 9.97 Å². The lowest BCUT2D eigenvalue weighted by Gasteiger charge is -2.20. The molecule has 0 aliphatic rings. The van der Waals surface area contributed by atoms with E-state index in [1.807, 2.05) is 24.1 Å². The number of carbonyl (C=O) groups is 1. The zero-order valence-corrected chi connectivity index (χ0v) is 10.9. The molecule has 2 rings (SSSR count). The summed E-state index contributed by atoms with van der Waals surface area (Å²) in [5.41, 5.74) is 1.95. The number of aryl methyl sites for hydroxylation is 1. The van der Waals surface area contributed by atoms with Gasteiger partial charge in [0.1, 0.15) is 11.4 Å². The smallest absolute Gasteiger partial charge is 0.339 e. The lowest BCUT2D eigenvalue weighted by atomic mass is 10.1. The number of anilines is 1. The molecule has 5 nitrogen and oxygen atoms in total. The maximum absolute atomic E-state index is 11.3. The summed E-state index contributed by atoms with van der Waals surface area (Å²) in [5.74, 6) is -0.491. The van der Waals surface area contributed by atoms with Crippen LogP contribution in [0.3, 0.4) is 0 Å². The van der Waals surface area contributed by atoms with Gasteiger partial charge in [0.05, 0.1) is 0 Å². The molecule has 0 saturated heterocycles. The van der Waals surface area contributed by atoms with E-state index < -0.39 is 5.97 Å². The molecule has 0 saturated carbocycles. The topological polar surface area (TPSA) is 66.3 Å². The molecule has 0 radical (unpaired) electrons. The standard InChI is InChI=1S/C14H15N3O2/c1-10-5-7-16-13(12(10)14(18)19)17(2)9-11-4-3-6-15-8-11/h3-8H,9H2,1-2H3,(H,18,19). The summed E-state index contributed by atoms with van der Waals surface area (Å²) in [6.07, 6.45) is 5.08. The van der Waals surface area contributed by atoms with Crippen molar-refractivity contribution in [1.29, 1.82) is 0 Å². The third-order valence-corrected chi connectivity index (χ3v) is 2.86. The Kier molecular flexibility index (Phi) is 3.75. The molecule has 2 aromatic heterocycles. The number of carboxylic acid groups (broad SMARTS) is 1. The molecule has 0 aliphatic carbocycles. The van der Waals surface area contributed by atoms with Crippen molar-refractivity contribution in [3.05, 3.63) is 53.5 Å². The molecule has 0 atom stereocenters. The second kappa shape index (κ2) is 5.48. The average molecular weight is 257 g/mol. The molecule has 98 valence electrons. The molecule has 0 bridgehead atoms. The van der Waals surface area contributed by atoms with Gasteiger partial charge >= 0.3 is 5.97 Å². The van der Waals surface area contributed by atoms with Gasteiger partial charge in [0.25, 0.3) is 0 Å². The summed E-state index contributed by atoms with van der Waals surface area (Å²) in [7, 11) is 1.82. The number of nitrogens with zero attached hydrogens (tertiary/aromatic N) is 3. The van der Waals surface area contributed by atoms with E-state index in [-0.39, 0.29) is 5.56 Å². The molecule has 0 aliphatic heterocycles. The zero-order valence-electron chi connectivity index (χ0n) is 10.9. The first-order valence-electron chi connectivity index (χ1n) is 5.88. The maximum atomic E-state index is 11.3. The van der Waals surface area contributed by atoms with Crippen LogP contribution in [0.15, 0.2) is 36.8 Å². The Hall–Kier alpha value is -2.43. The highest BCUT2D eigenvalue weighted by Crippen LogP contribution is 2.21.